The van der Waals surface area contributed by atoms with Gasteiger partial charge in [-0.3, -0.25) is 19.1 Å². The van der Waals surface area contributed by atoms with Gasteiger partial charge in [0.25, 0.3) is 11.1 Å². The van der Waals surface area contributed by atoms with Gasteiger partial charge in [-0.15, -0.1) is 0 Å². The number of alkyl halides is 1. The third-order valence-corrected chi connectivity index (χ3v) is 10.1. The van der Waals surface area contributed by atoms with Gasteiger partial charge < -0.3 is 23.9 Å². The molecule has 0 aromatic carbocycles. The number of hydrogen-bond acceptors (Lipinski definition) is 8. The highest BCUT2D eigenvalue weighted by atomic mass is 19.1. The molecule has 1 N–H and O–H groups in total. The van der Waals surface area contributed by atoms with Crippen LogP contribution in [0.3, 0.4) is 0 Å². The number of pyridine rings is 3. The highest BCUT2D eigenvalue weighted by Crippen LogP contribution is 2.37. The largest absolute Gasteiger partial charge is 0.378 e. The normalized spacial score (nSPS) is 17.9. The number of ether oxygens (including phenoxy) is 1. The van der Waals surface area contributed by atoms with Crippen LogP contribution in [0, 0.1) is 5.41 Å². The lowest BCUT2D eigenvalue weighted by atomic mass is 9.90. The van der Waals surface area contributed by atoms with E-state index in [0.717, 1.165) is 63.6 Å². The lowest BCUT2D eigenvalue weighted by Gasteiger charge is -2.43. The third-order valence-electron chi connectivity index (χ3n) is 10.1. The molecular formula is C36H39FN8O3. The second-order valence-electron chi connectivity index (χ2n) is 14.0. The summed E-state index contributed by atoms with van der Waals surface area (Å²) in [5.74, 6) is 0.758. The highest BCUT2D eigenvalue weighted by molar-refractivity contribution is 5.73. The fourth-order valence-electron chi connectivity index (χ4n) is 7.43. The molecule has 0 saturated carbocycles. The maximum absolute atomic E-state index is 14.9. The summed E-state index contributed by atoms with van der Waals surface area (Å²) in [5, 5.41) is 3.18. The Bertz CT molecular complexity index is 2140. The summed E-state index contributed by atoms with van der Waals surface area (Å²) in [4.78, 5) is 40.8. The Balaban J connectivity index is 1.07. The Labute approximate surface area is 277 Å². The van der Waals surface area contributed by atoms with Crippen molar-refractivity contribution < 1.29 is 9.13 Å². The maximum Gasteiger partial charge on any atom is 0.280 e. The van der Waals surface area contributed by atoms with E-state index in [4.69, 9.17) is 4.74 Å². The van der Waals surface area contributed by atoms with Crippen LogP contribution in [-0.2, 0) is 31.3 Å². The molecule has 0 unspecified atom stereocenters. The lowest BCUT2D eigenvalue weighted by molar-refractivity contribution is -0.0660. The van der Waals surface area contributed by atoms with Gasteiger partial charge in [-0.05, 0) is 59.7 Å². The van der Waals surface area contributed by atoms with E-state index < -0.39 is 6.67 Å². The number of rotatable bonds is 7. The van der Waals surface area contributed by atoms with Crippen LogP contribution in [0.25, 0.3) is 22.5 Å². The van der Waals surface area contributed by atoms with Crippen LogP contribution in [-0.4, -0.2) is 73.8 Å². The average molecular weight is 651 g/mol. The van der Waals surface area contributed by atoms with Crippen LogP contribution < -0.4 is 21.3 Å². The Morgan fingerprint density at radius 1 is 1.00 bits per heavy atom. The van der Waals surface area contributed by atoms with Gasteiger partial charge in [-0.1, -0.05) is 13.8 Å². The third kappa shape index (κ3) is 5.29. The van der Waals surface area contributed by atoms with Crippen molar-refractivity contribution in [1.29, 1.82) is 0 Å². The van der Waals surface area contributed by atoms with E-state index in [2.05, 4.69) is 38.9 Å². The van der Waals surface area contributed by atoms with Gasteiger partial charge in [-0.25, -0.2) is 14.4 Å². The number of hydrogen-bond donors (Lipinski definition) is 1. The van der Waals surface area contributed by atoms with Crippen molar-refractivity contribution in [2.45, 2.75) is 39.4 Å². The number of aryl methyl sites for hydroxylation is 1. The van der Waals surface area contributed by atoms with Crippen molar-refractivity contribution in [2.24, 2.45) is 12.5 Å². The molecule has 48 heavy (non-hydrogen) atoms. The second-order valence-corrected chi connectivity index (χ2v) is 14.0. The van der Waals surface area contributed by atoms with Crippen molar-refractivity contribution >= 4 is 22.7 Å². The van der Waals surface area contributed by atoms with Gasteiger partial charge in [0.1, 0.15) is 29.5 Å². The van der Waals surface area contributed by atoms with Crippen LogP contribution >= 0.6 is 0 Å². The van der Waals surface area contributed by atoms with Crippen LogP contribution in [0.1, 0.15) is 30.7 Å². The molecule has 248 valence electrons. The zero-order valence-corrected chi connectivity index (χ0v) is 27.4. The number of piperazine rings is 1. The Morgan fingerprint density at radius 2 is 1.81 bits per heavy atom. The molecule has 0 bridgehead atoms. The van der Waals surface area contributed by atoms with Crippen molar-refractivity contribution in [3.8, 4) is 16.9 Å². The van der Waals surface area contributed by atoms with Gasteiger partial charge in [-0.2, -0.15) is 0 Å². The topological polar surface area (TPSA) is 102 Å². The SMILES string of the molecule is Cn1cc(-c2ccnc(-n3ccn4c5c(cc4c3=O)CC(C)(C)C5)c2CF)cc(Nc2ccc(N3CCN(C4COC4)CC3)cn2)c1=O. The number of anilines is 3. The number of nitrogens with one attached hydrogen (secondary N) is 1. The summed E-state index contributed by atoms with van der Waals surface area (Å²) in [6.07, 6.45) is 10.4. The summed E-state index contributed by atoms with van der Waals surface area (Å²) in [6.45, 7) is 9.08. The molecule has 11 nitrogen and oxygen atoms in total. The summed E-state index contributed by atoms with van der Waals surface area (Å²) in [5.41, 5.74) is 5.29. The van der Waals surface area contributed by atoms with Crippen molar-refractivity contribution in [3.05, 3.63) is 98.8 Å². The lowest BCUT2D eigenvalue weighted by Crippen LogP contribution is -2.56. The molecule has 3 aliphatic rings. The molecular weight excluding hydrogens is 611 g/mol. The van der Waals surface area contributed by atoms with Gasteiger partial charge in [0.2, 0.25) is 0 Å². The van der Waals surface area contributed by atoms with Crippen LogP contribution in [0.2, 0.25) is 0 Å². The molecule has 0 radical (unpaired) electrons. The minimum absolute atomic E-state index is 0.155. The number of fused-ring (bicyclic) bond motifs is 3. The predicted molar refractivity (Wildman–Crippen MR) is 183 cm³/mol. The molecule has 8 rings (SSSR count). The number of halogens is 1. The molecule has 7 heterocycles. The van der Waals surface area contributed by atoms with Crippen LogP contribution in [0.5, 0.6) is 0 Å². The minimum Gasteiger partial charge on any atom is -0.378 e. The molecule has 2 saturated heterocycles. The number of nitrogens with zero attached hydrogens (tertiary/aromatic N) is 7. The quantitative estimate of drug-likeness (QED) is 0.281. The molecule has 2 fully saturated rings. The average Bonchev–Trinajstić information content (AvgIpc) is 3.55. The van der Waals surface area contributed by atoms with E-state index >= 15 is 0 Å². The molecule has 0 spiro atoms. The van der Waals surface area contributed by atoms with E-state index in [-0.39, 0.29) is 27.9 Å². The van der Waals surface area contributed by atoms with E-state index in [1.165, 1.54) is 14.7 Å². The minimum atomic E-state index is -0.848. The fraction of sp³-hybridized carbons (Fsp3) is 0.389. The molecule has 1 aliphatic carbocycles. The first-order valence-electron chi connectivity index (χ1n) is 16.5. The Hall–Kier alpha value is -4.81. The van der Waals surface area contributed by atoms with E-state index in [1.54, 1.807) is 37.8 Å². The molecule has 2 aliphatic heterocycles. The van der Waals surface area contributed by atoms with Crippen molar-refractivity contribution in [1.82, 2.24) is 28.4 Å². The monoisotopic (exact) mass is 650 g/mol. The zero-order chi connectivity index (χ0) is 33.2. The predicted octanol–water partition coefficient (Wildman–Crippen LogP) is 4.10. The smallest absolute Gasteiger partial charge is 0.280 e. The van der Waals surface area contributed by atoms with Crippen molar-refractivity contribution in [3.63, 3.8) is 0 Å². The molecule has 5 aromatic heterocycles. The first-order valence-corrected chi connectivity index (χ1v) is 16.5. The molecule has 0 amide bonds. The van der Waals surface area contributed by atoms with Gasteiger partial charge in [0.15, 0.2) is 0 Å². The molecule has 5 aromatic rings. The van der Waals surface area contributed by atoms with Crippen LogP contribution in [0.15, 0.2) is 70.9 Å². The van der Waals surface area contributed by atoms with E-state index in [9.17, 15) is 14.0 Å². The number of aromatic nitrogens is 5. The Kier molecular flexibility index (Phi) is 7.44. The van der Waals surface area contributed by atoms with Crippen molar-refractivity contribution in [2.75, 3.05) is 49.6 Å². The van der Waals surface area contributed by atoms with E-state index in [1.807, 2.05) is 35.0 Å². The summed E-state index contributed by atoms with van der Waals surface area (Å²) in [7, 11) is 1.66. The standard InChI is InChI=1S/C36H39FN8O3/c1-36(2)16-23-15-30-35(47)45(13-12-44(30)31(23)17-36)33-28(18-37)27(6-7-38-33)24-14-29(34(46)41(3)20-24)40-32-5-4-25(19-39-32)42-8-10-43(11-9-42)26-21-48-22-26/h4-7,12-15,19-20,26H,8-11,16-18,21-22H2,1-3H3,(H,39,40). The zero-order valence-electron chi connectivity index (χ0n) is 27.4. The first-order chi connectivity index (χ1) is 23.2. The van der Waals surface area contributed by atoms with Gasteiger partial charge in [0.05, 0.1) is 31.1 Å². The second kappa shape index (κ2) is 11.7. The molecule has 12 heteroatoms. The molecule has 0 atom stereocenters. The summed E-state index contributed by atoms with van der Waals surface area (Å²) in [6, 6.07) is 9.79. The van der Waals surface area contributed by atoms with E-state index in [0.29, 0.717) is 34.2 Å². The summed E-state index contributed by atoms with van der Waals surface area (Å²) >= 11 is 0. The van der Waals surface area contributed by atoms with Gasteiger partial charge >= 0.3 is 0 Å². The van der Waals surface area contributed by atoms with Gasteiger partial charge in [0, 0.05) is 74.8 Å². The maximum atomic E-state index is 14.9. The van der Waals surface area contributed by atoms with Crippen LogP contribution in [0.4, 0.5) is 21.6 Å². The first kappa shape index (κ1) is 30.5. The summed E-state index contributed by atoms with van der Waals surface area (Å²) < 4.78 is 25.1. The fourth-order valence-corrected chi connectivity index (χ4v) is 7.43. The highest BCUT2D eigenvalue weighted by Gasteiger charge is 2.32. The Morgan fingerprint density at radius 3 is 2.52 bits per heavy atom.